The Morgan fingerprint density at radius 2 is 1.76 bits per heavy atom. The first kappa shape index (κ1) is 16.7. The Labute approximate surface area is 127 Å². The maximum absolute atomic E-state index is 12.3. The Morgan fingerprint density at radius 1 is 1.05 bits per heavy atom. The molecule has 0 bridgehead atoms. The first-order chi connectivity index (χ1) is 10.2. The molecule has 0 N–H and O–H groups in total. The summed E-state index contributed by atoms with van der Waals surface area (Å²) in [6.07, 6.45) is 13.1. The molecule has 1 heterocycles. The second-order valence-electron chi connectivity index (χ2n) is 6.57. The number of ether oxygens (including phenoxy) is 1. The van der Waals surface area contributed by atoms with Crippen LogP contribution in [0.2, 0.25) is 0 Å². The fourth-order valence-corrected chi connectivity index (χ4v) is 3.84. The molecular weight excluding hydrogens is 270 g/mol. The Hall–Kier alpha value is -0.700. The van der Waals surface area contributed by atoms with Crippen LogP contribution in [0.3, 0.4) is 0 Å². The SMILES string of the molecule is CC=CCCC1CCC(C2CCC(C=C(F)F)CC2)CO1. The van der Waals surface area contributed by atoms with Gasteiger partial charge in [-0.05, 0) is 82.1 Å². The third-order valence-electron chi connectivity index (χ3n) is 5.14. The van der Waals surface area contributed by atoms with E-state index in [1.165, 1.54) is 12.8 Å². The van der Waals surface area contributed by atoms with Gasteiger partial charge in [-0.3, -0.25) is 0 Å². The lowest BCUT2D eigenvalue weighted by Gasteiger charge is -2.37. The molecule has 0 spiro atoms. The second kappa shape index (κ2) is 8.67. The van der Waals surface area contributed by atoms with E-state index in [1.807, 2.05) is 0 Å². The Bertz CT molecular complexity index is 344. The molecule has 1 saturated heterocycles. The van der Waals surface area contributed by atoms with E-state index in [0.29, 0.717) is 17.9 Å². The van der Waals surface area contributed by atoms with Gasteiger partial charge in [0, 0.05) is 0 Å². The zero-order valence-electron chi connectivity index (χ0n) is 13.1. The lowest BCUT2D eigenvalue weighted by Crippen LogP contribution is -2.32. The van der Waals surface area contributed by atoms with Crippen LogP contribution in [0.4, 0.5) is 8.78 Å². The van der Waals surface area contributed by atoms with E-state index in [0.717, 1.165) is 51.2 Å². The molecule has 0 aromatic carbocycles. The van der Waals surface area contributed by atoms with Gasteiger partial charge >= 0.3 is 0 Å². The van der Waals surface area contributed by atoms with E-state index < -0.39 is 6.08 Å². The minimum absolute atomic E-state index is 0.101. The zero-order chi connectivity index (χ0) is 15.1. The summed E-state index contributed by atoms with van der Waals surface area (Å²) in [6, 6.07) is 0. The van der Waals surface area contributed by atoms with Crippen LogP contribution in [0, 0.1) is 17.8 Å². The summed E-state index contributed by atoms with van der Waals surface area (Å²) in [5.41, 5.74) is 0. The molecule has 1 saturated carbocycles. The summed E-state index contributed by atoms with van der Waals surface area (Å²) < 4.78 is 30.6. The molecule has 0 aromatic heterocycles. The molecule has 1 nitrogen and oxygen atoms in total. The van der Waals surface area contributed by atoms with Crippen molar-refractivity contribution in [3.05, 3.63) is 24.3 Å². The van der Waals surface area contributed by atoms with Crippen LogP contribution in [-0.4, -0.2) is 12.7 Å². The molecule has 0 amide bonds. The van der Waals surface area contributed by atoms with Gasteiger partial charge in [0.2, 0.25) is 0 Å². The van der Waals surface area contributed by atoms with Crippen LogP contribution in [-0.2, 0) is 4.74 Å². The van der Waals surface area contributed by atoms with Crippen LogP contribution >= 0.6 is 0 Å². The van der Waals surface area contributed by atoms with Crippen molar-refractivity contribution in [1.82, 2.24) is 0 Å². The normalized spacial score (nSPS) is 34.0. The molecule has 2 aliphatic rings. The fourth-order valence-electron chi connectivity index (χ4n) is 3.84. The highest BCUT2D eigenvalue weighted by molar-refractivity contribution is 4.92. The summed E-state index contributed by atoms with van der Waals surface area (Å²) in [5.74, 6) is 1.45. The number of halogens is 2. The van der Waals surface area contributed by atoms with Crippen molar-refractivity contribution < 1.29 is 13.5 Å². The minimum atomic E-state index is -1.51. The van der Waals surface area contributed by atoms with Crippen LogP contribution < -0.4 is 0 Å². The van der Waals surface area contributed by atoms with E-state index in [2.05, 4.69) is 19.1 Å². The maximum Gasteiger partial charge on any atom is 0.266 e. The van der Waals surface area contributed by atoms with Crippen molar-refractivity contribution >= 4 is 0 Å². The van der Waals surface area contributed by atoms with Crippen LogP contribution in [0.25, 0.3) is 0 Å². The van der Waals surface area contributed by atoms with Gasteiger partial charge in [-0.1, -0.05) is 12.2 Å². The lowest BCUT2D eigenvalue weighted by molar-refractivity contribution is -0.0406. The summed E-state index contributed by atoms with van der Waals surface area (Å²) in [6.45, 7) is 2.93. The topological polar surface area (TPSA) is 9.23 Å². The molecule has 21 heavy (non-hydrogen) atoms. The second-order valence-corrected chi connectivity index (χ2v) is 6.57. The molecule has 0 aromatic rings. The van der Waals surface area contributed by atoms with Gasteiger partial charge in [-0.2, -0.15) is 8.78 Å². The van der Waals surface area contributed by atoms with Crippen LogP contribution in [0.5, 0.6) is 0 Å². The maximum atomic E-state index is 12.3. The third kappa shape index (κ3) is 5.54. The highest BCUT2D eigenvalue weighted by Crippen LogP contribution is 2.38. The molecule has 0 radical (unpaired) electrons. The third-order valence-corrected chi connectivity index (χ3v) is 5.14. The predicted octanol–water partition coefficient (Wildman–Crippen LogP) is 5.72. The van der Waals surface area contributed by atoms with Gasteiger partial charge < -0.3 is 4.74 Å². The quantitative estimate of drug-likeness (QED) is 0.589. The average Bonchev–Trinajstić information content (AvgIpc) is 2.49. The monoisotopic (exact) mass is 298 g/mol. The van der Waals surface area contributed by atoms with Crippen molar-refractivity contribution in [2.24, 2.45) is 17.8 Å². The smallest absolute Gasteiger partial charge is 0.266 e. The molecule has 2 rings (SSSR count). The van der Waals surface area contributed by atoms with Gasteiger partial charge in [-0.15, -0.1) is 0 Å². The Balaban J connectivity index is 1.68. The molecule has 2 unspecified atom stereocenters. The van der Waals surface area contributed by atoms with Crippen molar-refractivity contribution in [2.45, 2.75) is 64.4 Å². The first-order valence-electron chi connectivity index (χ1n) is 8.44. The van der Waals surface area contributed by atoms with E-state index >= 15 is 0 Å². The fraction of sp³-hybridized carbons (Fsp3) is 0.778. The predicted molar refractivity (Wildman–Crippen MR) is 82.3 cm³/mol. The number of rotatable bonds is 5. The van der Waals surface area contributed by atoms with Gasteiger partial charge in [0.1, 0.15) is 0 Å². The summed E-state index contributed by atoms with van der Waals surface area (Å²) in [7, 11) is 0. The summed E-state index contributed by atoms with van der Waals surface area (Å²) in [5, 5.41) is 0. The molecular formula is C18H28F2O. The van der Waals surface area contributed by atoms with Gasteiger partial charge in [0.25, 0.3) is 6.08 Å². The molecule has 2 atom stereocenters. The van der Waals surface area contributed by atoms with Crippen molar-refractivity contribution in [2.75, 3.05) is 6.61 Å². The molecule has 3 heteroatoms. The Morgan fingerprint density at radius 3 is 2.33 bits per heavy atom. The van der Waals surface area contributed by atoms with Gasteiger partial charge in [0.05, 0.1) is 12.7 Å². The lowest BCUT2D eigenvalue weighted by atomic mass is 9.74. The molecule has 1 aliphatic carbocycles. The van der Waals surface area contributed by atoms with E-state index in [-0.39, 0.29) is 5.92 Å². The van der Waals surface area contributed by atoms with Crippen molar-refractivity contribution in [3.8, 4) is 0 Å². The number of allylic oxidation sites excluding steroid dienone is 3. The van der Waals surface area contributed by atoms with Crippen molar-refractivity contribution in [3.63, 3.8) is 0 Å². The highest BCUT2D eigenvalue weighted by Gasteiger charge is 2.30. The summed E-state index contributed by atoms with van der Waals surface area (Å²) in [4.78, 5) is 0. The van der Waals surface area contributed by atoms with Gasteiger partial charge in [0.15, 0.2) is 0 Å². The number of hydrogen-bond donors (Lipinski definition) is 0. The van der Waals surface area contributed by atoms with Crippen molar-refractivity contribution in [1.29, 1.82) is 0 Å². The van der Waals surface area contributed by atoms with E-state index in [1.54, 1.807) is 0 Å². The largest absolute Gasteiger partial charge is 0.378 e. The Kier molecular flexibility index (Phi) is 6.88. The first-order valence-corrected chi connectivity index (χ1v) is 8.44. The van der Waals surface area contributed by atoms with Crippen LogP contribution in [0.1, 0.15) is 58.3 Å². The van der Waals surface area contributed by atoms with E-state index in [4.69, 9.17) is 4.74 Å². The average molecular weight is 298 g/mol. The minimum Gasteiger partial charge on any atom is -0.378 e. The molecule has 2 fully saturated rings. The zero-order valence-corrected chi connectivity index (χ0v) is 13.1. The number of hydrogen-bond acceptors (Lipinski definition) is 1. The standard InChI is InChI=1S/C18H28F2O/c1-2-3-4-5-17-11-10-16(13-21-17)15-8-6-14(7-9-15)12-18(19)20/h2-3,12,14-17H,4-11,13H2,1H3. The molecule has 1 aliphatic heterocycles. The van der Waals surface area contributed by atoms with E-state index in [9.17, 15) is 8.78 Å². The van der Waals surface area contributed by atoms with Crippen LogP contribution in [0.15, 0.2) is 24.3 Å². The summed E-state index contributed by atoms with van der Waals surface area (Å²) >= 11 is 0. The molecule has 120 valence electrons. The van der Waals surface area contributed by atoms with Gasteiger partial charge in [-0.25, -0.2) is 0 Å². The highest BCUT2D eigenvalue weighted by atomic mass is 19.3.